The van der Waals surface area contributed by atoms with Crippen LogP contribution in [-0.2, 0) is 16.6 Å². The summed E-state index contributed by atoms with van der Waals surface area (Å²) in [6.07, 6.45) is 0. The van der Waals surface area contributed by atoms with Gasteiger partial charge in [0.1, 0.15) is 0 Å². The quantitative estimate of drug-likeness (QED) is 0.822. The fourth-order valence-corrected chi connectivity index (χ4v) is 3.62. The molecule has 0 aliphatic carbocycles. The summed E-state index contributed by atoms with van der Waals surface area (Å²) in [5, 5.41) is 2.84. The van der Waals surface area contributed by atoms with E-state index in [0.717, 1.165) is 5.01 Å². The zero-order chi connectivity index (χ0) is 16.3. The molecule has 0 radical (unpaired) electrons. The molecule has 0 spiro atoms. The molecule has 0 bridgehead atoms. The van der Waals surface area contributed by atoms with E-state index in [0.29, 0.717) is 17.2 Å². The lowest BCUT2D eigenvalue weighted by Gasteiger charge is -2.06. The number of carbonyl (C=O) groups is 1. The molecule has 0 atom stereocenters. The first kappa shape index (κ1) is 16.8. The zero-order valence-electron chi connectivity index (χ0n) is 12.7. The normalized spacial score (nSPS) is 11.8. The van der Waals surface area contributed by atoms with Gasteiger partial charge in [0.2, 0.25) is 10.0 Å². The van der Waals surface area contributed by atoms with Crippen LogP contribution < -0.4 is 4.72 Å². The van der Waals surface area contributed by atoms with Crippen LogP contribution >= 0.6 is 11.3 Å². The molecular weight excluding hydrogens is 320 g/mol. The molecule has 22 heavy (non-hydrogen) atoms. The number of Topliss-reactive ketones (excluding diaryl/α,β-unsaturated/α-hetero) is 1. The van der Waals surface area contributed by atoms with Gasteiger partial charge in [-0.25, -0.2) is 18.1 Å². The van der Waals surface area contributed by atoms with Crippen molar-refractivity contribution in [1.29, 1.82) is 0 Å². The second kappa shape index (κ2) is 6.68. The van der Waals surface area contributed by atoms with E-state index in [-0.39, 0.29) is 17.2 Å². The van der Waals surface area contributed by atoms with Crippen LogP contribution in [0, 0.1) is 0 Å². The van der Waals surface area contributed by atoms with Gasteiger partial charge in [0.05, 0.1) is 22.1 Å². The van der Waals surface area contributed by atoms with E-state index >= 15 is 0 Å². The van der Waals surface area contributed by atoms with Crippen LogP contribution in [0.25, 0.3) is 0 Å². The summed E-state index contributed by atoms with van der Waals surface area (Å²) in [6, 6.07) is 5.88. The number of carbonyl (C=O) groups excluding carboxylic acids is 1. The third-order valence-corrected chi connectivity index (χ3v) is 5.69. The maximum Gasteiger partial charge on any atom is 0.240 e. The van der Waals surface area contributed by atoms with E-state index in [1.807, 2.05) is 19.2 Å². The van der Waals surface area contributed by atoms with E-state index < -0.39 is 10.0 Å². The maximum atomic E-state index is 12.2. The Hall–Kier alpha value is -1.57. The van der Waals surface area contributed by atoms with Gasteiger partial charge in [-0.1, -0.05) is 26.0 Å². The van der Waals surface area contributed by atoms with Crippen LogP contribution in [0.5, 0.6) is 0 Å². The molecule has 7 heteroatoms. The van der Waals surface area contributed by atoms with E-state index in [1.165, 1.54) is 42.5 Å². The molecule has 1 aromatic carbocycles. The molecule has 0 aliphatic rings. The molecule has 5 nitrogen and oxygen atoms in total. The number of nitrogens with one attached hydrogen (secondary N) is 1. The average molecular weight is 338 g/mol. The van der Waals surface area contributed by atoms with Crippen LogP contribution in [-0.4, -0.2) is 19.2 Å². The predicted molar refractivity (Wildman–Crippen MR) is 86.7 cm³/mol. The molecular formula is C15H18N2O3S2. The van der Waals surface area contributed by atoms with Crippen molar-refractivity contribution in [3.63, 3.8) is 0 Å². The summed E-state index contributed by atoms with van der Waals surface area (Å²) in [5.74, 6) is 0.232. The Bertz CT molecular complexity index is 762. The molecule has 0 fully saturated rings. The number of thiazole rings is 1. The lowest BCUT2D eigenvalue weighted by molar-refractivity contribution is 0.101. The van der Waals surface area contributed by atoms with E-state index in [2.05, 4.69) is 9.71 Å². The van der Waals surface area contributed by atoms with Gasteiger partial charge < -0.3 is 0 Å². The fraction of sp³-hybridized carbons (Fsp3) is 0.333. The first-order valence-electron chi connectivity index (χ1n) is 6.84. The second-order valence-corrected chi connectivity index (χ2v) is 7.89. The van der Waals surface area contributed by atoms with Gasteiger partial charge in [-0.15, -0.1) is 11.3 Å². The van der Waals surface area contributed by atoms with Crippen molar-refractivity contribution in [2.45, 2.75) is 38.1 Å². The summed E-state index contributed by atoms with van der Waals surface area (Å²) in [6.45, 7) is 5.68. The first-order valence-corrected chi connectivity index (χ1v) is 9.21. The summed E-state index contributed by atoms with van der Waals surface area (Å²) in [5.41, 5.74) is 1.19. The minimum atomic E-state index is -3.61. The Labute approximate surface area is 134 Å². The molecule has 0 saturated carbocycles. The summed E-state index contributed by atoms with van der Waals surface area (Å²) in [4.78, 5) is 15.7. The molecule has 2 rings (SSSR count). The molecule has 2 aromatic rings. The van der Waals surface area contributed by atoms with Gasteiger partial charge >= 0.3 is 0 Å². The largest absolute Gasteiger partial charge is 0.295 e. The molecule has 1 aromatic heterocycles. The number of nitrogens with zero attached hydrogens (tertiary/aromatic N) is 1. The second-order valence-electron chi connectivity index (χ2n) is 5.24. The summed E-state index contributed by atoms with van der Waals surface area (Å²) >= 11 is 1.53. The minimum absolute atomic E-state index is 0.0967. The number of ketones is 1. The third kappa shape index (κ3) is 4.00. The number of rotatable bonds is 6. The number of benzene rings is 1. The highest BCUT2D eigenvalue weighted by Crippen LogP contribution is 2.19. The van der Waals surface area contributed by atoms with Gasteiger partial charge in [0.15, 0.2) is 5.78 Å². The van der Waals surface area contributed by atoms with Crippen molar-refractivity contribution in [2.24, 2.45) is 0 Å². The minimum Gasteiger partial charge on any atom is -0.295 e. The highest BCUT2D eigenvalue weighted by Gasteiger charge is 2.15. The molecule has 0 saturated heterocycles. The molecule has 1 heterocycles. The highest BCUT2D eigenvalue weighted by molar-refractivity contribution is 7.89. The van der Waals surface area contributed by atoms with Crippen molar-refractivity contribution in [1.82, 2.24) is 9.71 Å². The van der Waals surface area contributed by atoms with Gasteiger partial charge in [-0.3, -0.25) is 4.79 Å². The molecule has 0 unspecified atom stereocenters. The number of hydrogen-bond donors (Lipinski definition) is 1. The molecule has 0 amide bonds. The SMILES string of the molecule is CC(=O)c1ccc(S(=O)(=O)NCc2csc(C(C)C)n2)cc1. The van der Waals surface area contributed by atoms with E-state index in [1.54, 1.807) is 0 Å². The van der Waals surface area contributed by atoms with Crippen LogP contribution in [0.4, 0.5) is 0 Å². The smallest absolute Gasteiger partial charge is 0.240 e. The number of aromatic nitrogens is 1. The Balaban J connectivity index is 2.08. The summed E-state index contributed by atoms with van der Waals surface area (Å²) < 4.78 is 26.9. The number of sulfonamides is 1. The van der Waals surface area contributed by atoms with E-state index in [9.17, 15) is 13.2 Å². The highest BCUT2D eigenvalue weighted by atomic mass is 32.2. The standard InChI is InChI=1S/C15H18N2O3S2/c1-10(2)15-17-13(9-21-15)8-16-22(19,20)14-6-4-12(5-7-14)11(3)18/h4-7,9-10,16H,8H2,1-3H3. The fourth-order valence-electron chi connectivity index (χ4n) is 1.79. The van der Waals surface area contributed by atoms with Crippen molar-refractivity contribution in [3.05, 3.63) is 45.9 Å². The van der Waals surface area contributed by atoms with Crippen molar-refractivity contribution in [3.8, 4) is 0 Å². The van der Waals surface area contributed by atoms with Crippen molar-refractivity contribution in [2.75, 3.05) is 0 Å². The van der Waals surface area contributed by atoms with E-state index in [4.69, 9.17) is 0 Å². The van der Waals surface area contributed by atoms with Crippen LogP contribution in [0.3, 0.4) is 0 Å². The Morgan fingerprint density at radius 1 is 1.27 bits per heavy atom. The molecule has 0 aliphatic heterocycles. The molecule has 1 N–H and O–H groups in total. The predicted octanol–water partition coefficient (Wildman–Crippen LogP) is 2.95. The average Bonchev–Trinajstić information content (AvgIpc) is 2.94. The summed E-state index contributed by atoms with van der Waals surface area (Å²) in [7, 11) is -3.61. The monoisotopic (exact) mass is 338 g/mol. The zero-order valence-corrected chi connectivity index (χ0v) is 14.3. The van der Waals surface area contributed by atoms with Crippen LogP contribution in [0.1, 0.15) is 47.7 Å². The topological polar surface area (TPSA) is 76.1 Å². The van der Waals surface area contributed by atoms with Gasteiger partial charge in [0, 0.05) is 16.9 Å². The third-order valence-electron chi connectivity index (χ3n) is 3.08. The lowest BCUT2D eigenvalue weighted by Crippen LogP contribution is -2.23. The maximum absolute atomic E-state index is 12.2. The van der Waals surface area contributed by atoms with Gasteiger partial charge in [-0.05, 0) is 19.1 Å². The van der Waals surface area contributed by atoms with Crippen LogP contribution in [0.2, 0.25) is 0 Å². The number of hydrogen-bond acceptors (Lipinski definition) is 5. The van der Waals surface area contributed by atoms with Crippen molar-refractivity contribution < 1.29 is 13.2 Å². The van der Waals surface area contributed by atoms with Gasteiger partial charge in [-0.2, -0.15) is 0 Å². The lowest BCUT2D eigenvalue weighted by atomic mass is 10.2. The Morgan fingerprint density at radius 2 is 1.91 bits per heavy atom. The van der Waals surface area contributed by atoms with Gasteiger partial charge in [0.25, 0.3) is 0 Å². The Morgan fingerprint density at radius 3 is 2.41 bits per heavy atom. The Kier molecular flexibility index (Phi) is 5.10. The molecule has 118 valence electrons. The first-order chi connectivity index (χ1) is 10.3. The van der Waals surface area contributed by atoms with Crippen LogP contribution in [0.15, 0.2) is 34.5 Å². The van der Waals surface area contributed by atoms with Crippen molar-refractivity contribution >= 4 is 27.1 Å².